The summed E-state index contributed by atoms with van der Waals surface area (Å²) in [5.41, 5.74) is 0. The zero-order valence-corrected chi connectivity index (χ0v) is 13.9. The smallest absolute Gasteiger partial charge is 0.412 e. The lowest BCUT2D eigenvalue weighted by Crippen LogP contribution is -2.38. The van der Waals surface area contributed by atoms with Gasteiger partial charge in [0.2, 0.25) is 0 Å². The van der Waals surface area contributed by atoms with E-state index in [4.69, 9.17) is 14.2 Å². The van der Waals surface area contributed by atoms with E-state index in [9.17, 15) is 14.4 Å². The zero-order chi connectivity index (χ0) is 17.9. The van der Waals surface area contributed by atoms with Gasteiger partial charge in [0, 0.05) is 12.2 Å². The summed E-state index contributed by atoms with van der Waals surface area (Å²) in [6.45, 7) is 4.99. The predicted molar refractivity (Wildman–Crippen MR) is 86.4 cm³/mol. The number of benzene rings is 1. The molecule has 0 aromatic heterocycles. The van der Waals surface area contributed by atoms with Crippen molar-refractivity contribution in [3.05, 3.63) is 42.5 Å². The minimum Gasteiger partial charge on any atom is -0.460 e. The SMILES string of the molecule is CC(C)OC(=O)/C=C/C(=O)OC[C@H](C)NC(=O)Oc1ccccc1. The summed E-state index contributed by atoms with van der Waals surface area (Å²) < 4.78 is 14.8. The molecule has 0 spiro atoms. The standard InChI is InChI=1S/C17H21NO6/c1-12(2)23-16(20)10-9-15(19)22-11-13(3)18-17(21)24-14-7-5-4-6-8-14/h4-10,12-13H,11H2,1-3H3,(H,18,21)/b10-9+/t13-/m0/s1. The molecule has 0 saturated carbocycles. The molecule has 1 aromatic rings. The van der Waals surface area contributed by atoms with Crippen LogP contribution in [0.5, 0.6) is 5.75 Å². The van der Waals surface area contributed by atoms with Gasteiger partial charge in [-0.25, -0.2) is 14.4 Å². The van der Waals surface area contributed by atoms with Crippen molar-refractivity contribution in [3.8, 4) is 5.75 Å². The van der Waals surface area contributed by atoms with Crippen molar-refractivity contribution < 1.29 is 28.6 Å². The molecule has 7 heteroatoms. The summed E-state index contributed by atoms with van der Waals surface area (Å²) in [6.07, 6.45) is 1.04. The van der Waals surface area contributed by atoms with Crippen LogP contribution in [0.25, 0.3) is 0 Å². The second kappa shape index (κ2) is 10.0. The molecule has 0 aliphatic carbocycles. The van der Waals surface area contributed by atoms with Gasteiger partial charge >= 0.3 is 18.0 Å². The monoisotopic (exact) mass is 335 g/mol. The molecule has 1 rings (SSSR count). The second-order valence-electron chi connectivity index (χ2n) is 5.20. The maximum atomic E-state index is 11.6. The van der Waals surface area contributed by atoms with Crippen LogP contribution in [0.3, 0.4) is 0 Å². The number of carbonyl (C=O) groups is 3. The first kappa shape index (κ1) is 19.2. The molecular formula is C17H21NO6. The second-order valence-corrected chi connectivity index (χ2v) is 5.20. The normalized spacial score (nSPS) is 11.8. The fraction of sp³-hybridized carbons (Fsp3) is 0.353. The first-order chi connectivity index (χ1) is 11.4. The Bertz CT molecular complexity index is 582. The number of rotatable bonds is 7. The van der Waals surface area contributed by atoms with Gasteiger partial charge < -0.3 is 19.5 Å². The Morgan fingerprint density at radius 1 is 1.04 bits per heavy atom. The lowest BCUT2D eigenvalue weighted by Gasteiger charge is -2.13. The van der Waals surface area contributed by atoms with Gasteiger partial charge in [-0.15, -0.1) is 0 Å². The van der Waals surface area contributed by atoms with Gasteiger partial charge in [-0.05, 0) is 32.9 Å². The largest absolute Gasteiger partial charge is 0.460 e. The number of hydrogen-bond acceptors (Lipinski definition) is 6. The Morgan fingerprint density at radius 2 is 1.67 bits per heavy atom. The van der Waals surface area contributed by atoms with Crippen molar-refractivity contribution in [1.29, 1.82) is 0 Å². The molecule has 0 aliphatic rings. The molecule has 0 radical (unpaired) electrons. The Kier molecular flexibility index (Phi) is 8.04. The Morgan fingerprint density at radius 3 is 2.29 bits per heavy atom. The number of ether oxygens (including phenoxy) is 3. The molecule has 130 valence electrons. The summed E-state index contributed by atoms with van der Waals surface area (Å²) in [5, 5.41) is 2.52. The lowest BCUT2D eigenvalue weighted by molar-refractivity contribution is -0.143. The van der Waals surface area contributed by atoms with Crippen LogP contribution in [0.2, 0.25) is 0 Å². The van der Waals surface area contributed by atoms with E-state index in [0.717, 1.165) is 12.2 Å². The average molecular weight is 335 g/mol. The topological polar surface area (TPSA) is 90.9 Å². The minimum absolute atomic E-state index is 0.0632. The highest BCUT2D eigenvalue weighted by molar-refractivity contribution is 5.91. The van der Waals surface area contributed by atoms with E-state index in [1.54, 1.807) is 51.1 Å². The number of hydrogen-bond donors (Lipinski definition) is 1. The van der Waals surface area contributed by atoms with Crippen LogP contribution < -0.4 is 10.1 Å². The van der Waals surface area contributed by atoms with E-state index < -0.39 is 24.1 Å². The van der Waals surface area contributed by atoms with Gasteiger partial charge in [0.15, 0.2) is 0 Å². The van der Waals surface area contributed by atoms with Crippen molar-refractivity contribution >= 4 is 18.0 Å². The third kappa shape index (κ3) is 8.57. The number of carbonyl (C=O) groups excluding carboxylic acids is 3. The Balaban J connectivity index is 2.28. The van der Waals surface area contributed by atoms with Crippen LogP contribution in [0, 0.1) is 0 Å². The molecule has 7 nitrogen and oxygen atoms in total. The summed E-state index contributed by atoms with van der Waals surface area (Å²) in [5.74, 6) is -0.925. The zero-order valence-electron chi connectivity index (χ0n) is 13.9. The van der Waals surface area contributed by atoms with Crippen LogP contribution >= 0.6 is 0 Å². The summed E-state index contributed by atoms with van der Waals surface area (Å²) in [7, 11) is 0. The van der Waals surface area contributed by atoms with Crippen molar-refractivity contribution in [2.75, 3.05) is 6.61 Å². The molecule has 0 bridgehead atoms. The first-order valence-electron chi connectivity index (χ1n) is 7.45. The number of amides is 1. The van der Waals surface area contributed by atoms with Gasteiger partial charge in [0.05, 0.1) is 12.1 Å². The Labute approximate surface area is 140 Å². The van der Waals surface area contributed by atoms with Crippen LogP contribution in [0.1, 0.15) is 20.8 Å². The summed E-state index contributed by atoms with van der Waals surface area (Å²) in [4.78, 5) is 34.3. The van der Waals surface area contributed by atoms with E-state index in [1.807, 2.05) is 0 Å². The molecule has 0 unspecified atom stereocenters. The fourth-order valence-corrected chi connectivity index (χ4v) is 1.53. The molecule has 0 saturated heterocycles. The molecule has 1 aromatic carbocycles. The van der Waals surface area contributed by atoms with Crippen LogP contribution in [0.4, 0.5) is 4.79 Å². The van der Waals surface area contributed by atoms with Gasteiger partial charge in [0.25, 0.3) is 0 Å². The predicted octanol–water partition coefficient (Wildman–Crippen LogP) is 2.21. The molecule has 1 N–H and O–H groups in total. The highest BCUT2D eigenvalue weighted by Crippen LogP contribution is 2.08. The van der Waals surface area contributed by atoms with Crippen molar-refractivity contribution in [1.82, 2.24) is 5.32 Å². The van der Waals surface area contributed by atoms with Gasteiger partial charge in [-0.2, -0.15) is 0 Å². The minimum atomic E-state index is -0.708. The maximum absolute atomic E-state index is 11.6. The third-order valence-corrected chi connectivity index (χ3v) is 2.50. The number of para-hydroxylation sites is 1. The van der Waals surface area contributed by atoms with Crippen LogP contribution in [-0.2, 0) is 19.1 Å². The van der Waals surface area contributed by atoms with E-state index >= 15 is 0 Å². The van der Waals surface area contributed by atoms with Gasteiger partial charge in [-0.1, -0.05) is 18.2 Å². The molecule has 24 heavy (non-hydrogen) atoms. The fourth-order valence-electron chi connectivity index (χ4n) is 1.53. The van der Waals surface area contributed by atoms with Gasteiger partial charge in [-0.3, -0.25) is 0 Å². The number of nitrogens with one attached hydrogen (secondary N) is 1. The molecule has 0 aliphatic heterocycles. The van der Waals surface area contributed by atoms with Crippen molar-refractivity contribution in [3.63, 3.8) is 0 Å². The van der Waals surface area contributed by atoms with E-state index in [-0.39, 0.29) is 12.7 Å². The molecule has 0 heterocycles. The van der Waals surface area contributed by atoms with Crippen molar-refractivity contribution in [2.24, 2.45) is 0 Å². The van der Waals surface area contributed by atoms with Gasteiger partial charge in [0.1, 0.15) is 12.4 Å². The number of esters is 2. The van der Waals surface area contributed by atoms with Crippen LogP contribution in [-0.4, -0.2) is 36.8 Å². The highest BCUT2D eigenvalue weighted by atomic mass is 16.6. The first-order valence-corrected chi connectivity index (χ1v) is 7.45. The molecule has 1 amide bonds. The average Bonchev–Trinajstić information content (AvgIpc) is 2.51. The Hall–Kier alpha value is -2.83. The summed E-state index contributed by atoms with van der Waals surface area (Å²) in [6, 6.07) is 8.12. The van der Waals surface area contributed by atoms with Crippen molar-refractivity contribution in [2.45, 2.75) is 32.9 Å². The molecular weight excluding hydrogens is 314 g/mol. The molecule has 1 atom stereocenters. The quantitative estimate of drug-likeness (QED) is 0.607. The summed E-state index contributed by atoms with van der Waals surface area (Å²) >= 11 is 0. The van der Waals surface area contributed by atoms with E-state index in [2.05, 4.69) is 5.32 Å². The third-order valence-electron chi connectivity index (χ3n) is 2.50. The van der Waals surface area contributed by atoms with E-state index in [1.165, 1.54) is 0 Å². The highest BCUT2D eigenvalue weighted by Gasteiger charge is 2.11. The van der Waals surface area contributed by atoms with E-state index in [0.29, 0.717) is 5.75 Å². The van der Waals surface area contributed by atoms with Crippen LogP contribution in [0.15, 0.2) is 42.5 Å². The lowest BCUT2D eigenvalue weighted by atomic mass is 10.3. The molecule has 0 fully saturated rings. The maximum Gasteiger partial charge on any atom is 0.412 e.